The highest BCUT2D eigenvalue weighted by molar-refractivity contribution is 5.77. The minimum absolute atomic E-state index is 0.0866. The van der Waals surface area contributed by atoms with E-state index in [0.29, 0.717) is 6.54 Å². The van der Waals surface area contributed by atoms with Crippen molar-refractivity contribution >= 4 is 5.91 Å². The molecule has 1 unspecified atom stereocenters. The van der Waals surface area contributed by atoms with Gasteiger partial charge in [-0.3, -0.25) is 14.4 Å². The third-order valence-corrected chi connectivity index (χ3v) is 3.99. The number of hydrogen-bond acceptors (Lipinski definition) is 5. The van der Waals surface area contributed by atoms with E-state index in [1.54, 1.807) is 6.26 Å². The van der Waals surface area contributed by atoms with Gasteiger partial charge in [0.2, 0.25) is 5.91 Å². The van der Waals surface area contributed by atoms with Crippen LogP contribution in [0.4, 0.5) is 0 Å². The van der Waals surface area contributed by atoms with Gasteiger partial charge in [-0.1, -0.05) is 0 Å². The number of aromatic nitrogens is 2. The van der Waals surface area contributed by atoms with Crippen LogP contribution in [0, 0.1) is 0 Å². The van der Waals surface area contributed by atoms with E-state index in [9.17, 15) is 4.79 Å². The van der Waals surface area contributed by atoms with E-state index in [2.05, 4.69) is 20.0 Å². The second-order valence-electron chi connectivity index (χ2n) is 5.74. The van der Waals surface area contributed by atoms with Crippen LogP contribution < -0.4 is 5.32 Å². The van der Waals surface area contributed by atoms with Crippen molar-refractivity contribution in [2.24, 2.45) is 0 Å². The molecule has 2 aromatic heterocycles. The van der Waals surface area contributed by atoms with Gasteiger partial charge in [-0.2, -0.15) is 5.10 Å². The summed E-state index contributed by atoms with van der Waals surface area (Å²) >= 11 is 0. The first-order chi connectivity index (χ1) is 11.3. The molecule has 0 saturated heterocycles. The Hall–Kier alpha value is -2.12. The van der Waals surface area contributed by atoms with E-state index < -0.39 is 0 Å². The normalized spacial score (nSPS) is 17.9. The lowest BCUT2D eigenvalue weighted by Crippen LogP contribution is -2.39. The molecule has 0 saturated carbocycles. The third kappa shape index (κ3) is 4.00. The Morgan fingerprint density at radius 2 is 2.43 bits per heavy atom. The van der Waals surface area contributed by atoms with E-state index in [4.69, 9.17) is 9.15 Å². The van der Waals surface area contributed by atoms with Crippen LogP contribution in [0.1, 0.15) is 23.9 Å². The fourth-order valence-electron chi connectivity index (χ4n) is 2.98. The van der Waals surface area contributed by atoms with Crippen molar-refractivity contribution < 1.29 is 13.9 Å². The minimum Gasteiger partial charge on any atom is -0.468 e. The summed E-state index contributed by atoms with van der Waals surface area (Å²) in [6.45, 7) is 3.23. The average Bonchev–Trinajstić information content (AvgIpc) is 3.18. The monoisotopic (exact) mass is 318 g/mol. The SMILES string of the molecule is COCC(=O)NCCC1CN(Cc2ccco2)Cc2ccnn21. The quantitative estimate of drug-likeness (QED) is 0.830. The van der Waals surface area contributed by atoms with Crippen LogP contribution in [0.3, 0.4) is 0 Å². The highest BCUT2D eigenvalue weighted by atomic mass is 16.5. The Morgan fingerprint density at radius 3 is 3.22 bits per heavy atom. The molecule has 0 fully saturated rings. The molecular weight excluding hydrogens is 296 g/mol. The van der Waals surface area contributed by atoms with Gasteiger partial charge >= 0.3 is 0 Å². The summed E-state index contributed by atoms with van der Waals surface area (Å²) in [4.78, 5) is 13.8. The molecular formula is C16H22N4O3. The van der Waals surface area contributed by atoms with E-state index in [1.165, 1.54) is 12.8 Å². The number of rotatable bonds is 7. The molecule has 3 heterocycles. The van der Waals surface area contributed by atoms with Crippen LogP contribution in [-0.4, -0.2) is 47.4 Å². The molecule has 1 atom stereocenters. The minimum atomic E-state index is -0.0866. The van der Waals surface area contributed by atoms with Crippen molar-refractivity contribution in [2.45, 2.75) is 25.6 Å². The molecule has 0 spiro atoms. The lowest BCUT2D eigenvalue weighted by atomic mass is 10.1. The molecule has 0 bridgehead atoms. The molecule has 1 amide bonds. The summed E-state index contributed by atoms with van der Waals surface area (Å²) < 4.78 is 12.3. The van der Waals surface area contributed by atoms with Crippen molar-refractivity contribution in [1.82, 2.24) is 20.0 Å². The van der Waals surface area contributed by atoms with Gasteiger partial charge in [0, 0.05) is 32.9 Å². The van der Waals surface area contributed by atoms with E-state index in [0.717, 1.165) is 31.8 Å². The summed E-state index contributed by atoms with van der Waals surface area (Å²) in [5.74, 6) is 0.876. The smallest absolute Gasteiger partial charge is 0.245 e. The fraction of sp³-hybridized carbons (Fsp3) is 0.500. The predicted octanol–water partition coefficient (Wildman–Crippen LogP) is 1.19. The van der Waals surface area contributed by atoms with Crippen LogP contribution in [0.5, 0.6) is 0 Å². The maximum Gasteiger partial charge on any atom is 0.245 e. The van der Waals surface area contributed by atoms with Crippen molar-refractivity contribution in [1.29, 1.82) is 0 Å². The number of carbonyl (C=O) groups is 1. The second-order valence-corrected chi connectivity index (χ2v) is 5.74. The summed E-state index contributed by atoms with van der Waals surface area (Å²) in [6, 6.07) is 6.19. The van der Waals surface area contributed by atoms with Crippen molar-refractivity contribution in [3.63, 3.8) is 0 Å². The molecule has 0 aliphatic carbocycles. The summed E-state index contributed by atoms with van der Waals surface area (Å²) in [6.07, 6.45) is 4.37. The standard InChI is InChI=1S/C16H22N4O3/c1-22-12-16(21)17-6-4-13-9-19(11-15-3-2-8-23-15)10-14-5-7-18-20(13)14/h2-3,5,7-8,13H,4,6,9-12H2,1H3,(H,17,21). The topological polar surface area (TPSA) is 72.5 Å². The molecule has 124 valence electrons. The van der Waals surface area contributed by atoms with Gasteiger partial charge < -0.3 is 14.5 Å². The average molecular weight is 318 g/mol. The first kappa shape index (κ1) is 15.8. The maximum absolute atomic E-state index is 11.5. The molecule has 0 radical (unpaired) electrons. The zero-order chi connectivity index (χ0) is 16.1. The number of ether oxygens (including phenoxy) is 1. The van der Waals surface area contributed by atoms with Crippen LogP contribution in [0.25, 0.3) is 0 Å². The Morgan fingerprint density at radius 1 is 1.52 bits per heavy atom. The highest BCUT2D eigenvalue weighted by Crippen LogP contribution is 2.24. The van der Waals surface area contributed by atoms with Crippen molar-refractivity contribution in [3.8, 4) is 0 Å². The molecule has 23 heavy (non-hydrogen) atoms. The van der Waals surface area contributed by atoms with Gasteiger partial charge in [0.05, 0.1) is 24.5 Å². The van der Waals surface area contributed by atoms with Crippen LogP contribution in [0.15, 0.2) is 35.1 Å². The number of carbonyl (C=O) groups excluding carboxylic acids is 1. The van der Waals surface area contributed by atoms with E-state index >= 15 is 0 Å². The molecule has 1 aliphatic rings. The summed E-state index contributed by atoms with van der Waals surface area (Å²) in [5.41, 5.74) is 1.19. The zero-order valence-electron chi connectivity index (χ0n) is 13.3. The lowest BCUT2D eigenvalue weighted by Gasteiger charge is -2.33. The number of amides is 1. The number of fused-ring (bicyclic) bond motifs is 1. The molecule has 0 aromatic carbocycles. The fourth-order valence-corrected chi connectivity index (χ4v) is 2.98. The lowest BCUT2D eigenvalue weighted by molar-refractivity contribution is -0.124. The van der Waals surface area contributed by atoms with Gasteiger partial charge in [0.15, 0.2) is 0 Å². The Labute approximate surface area is 135 Å². The Bertz CT molecular complexity index is 623. The first-order valence-electron chi connectivity index (χ1n) is 7.79. The summed E-state index contributed by atoms with van der Waals surface area (Å²) in [7, 11) is 1.52. The van der Waals surface area contributed by atoms with Crippen molar-refractivity contribution in [2.75, 3.05) is 26.8 Å². The van der Waals surface area contributed by atoms with E-state index in [-0.39, 0.29) is 18.6 Å². The molecule has 7 heteroatoms. The molecule has 2 aromatic rings. The molecule has 7 nitrogen and oxygen atoms in total. The highest BCUT2D eigenvalue weighted by Gasteiger charge is 2.25. The number of nitrogens with zero attached hydrogens (tertiary/aromatic N) is 3. The number of nitrogens with one attached hydrogen (secondary N) is 1. The van der Waals surface area contributed by atoms with Crippen LogP contribution in [-0.2, 0) is 22.6 Å². The predicted molar refractivity (Wildman–Crippen MR) is 83.6 cm³/mol. The van der Waals surface area contributed by atoms with Gasteiger partial charge in [-0.15, -0.1) is 0 Å². The molecule has 3 rings (SSSR count). The number of methoxy groups -OCH3 is 1. The number of hydrogen-bond donors (Lipinski definition) is 1. The van der Waals surface area contributed by atoms with Gasteiger partial charge in [-0.25, -0.2) is 0 Å². The van der Waals surface area contributed by atoms with Crippen LogP contribution in [0.2, 0.25) is 0 Å². The largest absolute Gasteiger partial charge is 0.468 e. The van der Waals surface area contributed by atoms with E-state index in [1.807, 2.05) is 24.4 Å². The Balaban J connectivity index is 1.59. The number of furan rings is 1. The molecule has 1 N–H and O–H groups in total. The zero-order valence-corrected chi connectivity index (χ0v) is 13.3. The van der Waals surface area contributed by atoms with Gasteiger partial charge in [0.1, 0.15) is 12.4 Å². The van der Waals surface area contributed by atoms with Gasteiger partial charge in [0.25, 0.3) is 0 Å². The van der Waals surface area contributed by atoms with Gasteiger partial charge in [-0.05, 0) is 24.6 Å². The summed E-state index contributed by atoms with van der Waals surface area (Å²) in [5, 5.41) is 7.31. The molecule has 1 aliphatic heterocycles. The first-order valence-corrected chi connectivity index (χ1v) is 7.79. The third-order valence-electron chi connectivity index (χ3n) is 3.99. The second kappa shape index (κ2) is 7.43. The van der Waals surface area contributed by atoms with Crippen molar-refractivity contribution in [3.05, 3.63) is 42.1 Å². The van der Waals surface area contributed by atoms with Crippen LogP contribution >= 0.6 is 0 Å². The Kier molecular flexibility index (Phi) is 5.09. The maximum atomic E-state index is 11.5.